The van der Waals surface area contributed by atoms with Gasteiger partial charge < -0.3 is 10.5 Å². The van der Waals surface area contributed by atoms with E-state index in [2.05, 4.69) is 9.84 Å². The lowest BCUT2D eigenvalue weighted by Gasteiger charge is -2.05. The molecule has 0 unspecified atom stereocenters. The van der Waals surface area contributed by atoms with Crippen LogP contribution in [0.3, 0.4) is 0 Å². The van der Waals surface area contributed by atoms with Gasteiger partial charge in [0, 0.05) is 12.1 Å². The summed E-state index contributed by atoms with van der Waals surface area (Å²) in [5, 5.41) is 11.5. The molecule has 0 aliphatic carbocycles. The molecule has 0 aliphatic rings. The molecule has 8 nitrogen and oxygen atoms in total. The number of nitrogen functional groups attached to an aromatic ring is 1. The summed E-state index contributed by atoms with van der Waals surface area (Å²) in [4.78, 5) is 23.6. The molecule has 0 aliphatic heterocycles. The zero-order valence-corrected chi connectivity index (χ0v) is 14.8. The van der Waals surface area contributed by atoms with E-state index in [9.17, 15) is 9.59 Å². The summed E-state index contributed by atoms with van der Waals surface area (Å²) in [5.41, 5.74) is 8.37. The lowest BCUT2D eigenvalue weighted by atomic mass is 10.0. The number of nitrogens with two attached hydrogens (primary N) is 1. The third-order valence-corrected chi connectivity index (χ3v) is 4.16. The first-order valence-corrected chi connectivity index (χ1v) is 8.26. The number of rotatable bonds is 6. The second kappa shape index (κ2) is 7.69. The van der Waals surface area contributed by atoms with E-state index >= 15 is 0 Å². The number of hydrogen-bond acceptors (Lipinski definition) is 5. The van der Waals surface area contributed by atoms with Gasteiger partial charge in [-0.05, 0) is 23.3 Å². The Kier molecular flexibility index (Phi) is 5.16. The Balaban J connectivity index is 1.79. The first kappa shape index (κ1) is 18.1. The fraction of sp³-hybridized carbons (Fsp3) is 0.158. The van der Waals surface area contributed by atoms with E-state index in [0.717, 1.165) is 11.1 Å². The van der Waals surface area contributed by atoms with Crippen LogP contribution in [-0.2, 0) is 16.1 Å². The minimum atomic E-state index is -0.380. The van der Waals surface area contributed by atoms with Gasteiger partial charge in [0.25, 0.3) is 0 Å². The Hall–Kier alpha value is -3.68. The summed E-state index contributed by atoms with van der Waals surface area (Å²) in [6.45, 7) is 0.214. The third kappa shape index (κ3) is 3.95. The summed E-state index contributed by atoms with van der Waals surface area (Å²) in [7, 11) is 1.31. The second-order valence-electron chi connectivity index (χ2n) is 5.88. The molecule has 1 aromatic heterocycles. The standard InChI is InChI=1S/C19H19N5O3/c1-27-17(25)10-11-23-12-22-24(19(23)26)16-8-6-14(7-9-16)13-2-4-15(5-3-13)18(20)21/h2-9,12H,10-11H2,1H3,(H3,20,21). The number of carbonyl (C=O) groups is 1. The minimum Gasteiger partial charge on any atom is -0.469 e. The van der Waals surface area contributed by atoms with Gasteiger partial charge in [-0.1, -0.05) is 36.4 Å². The molecule has 0 saturated heterocycles. The van der Waals surface area contributed by atoms with Crippen molar-refractivity contribution in [2.24, 2.45) is 5.73 Å². The van der Waals surface area contributed by atoms with Gasteiger partial charge in [0.1, 0.15) is 12.2 Å². The SMILES string of the molecule is COC(=O)CCn1cnn(-c2ccc(-c3ccc(C(=N)N)cc3)cc2)c1=O. The number of amidine groups is 1. The molecule has 0 fully saturated rings. The number of aryl methyl sites for hydroxylation is 1. The maximum atomic E-state index is 12.4. The van der Waals surface area contributed by atoms with E-state index in [1.54, 1.807) is 24.3 Å². The smallest absolute Gasteiger partial charge is 0.350 e. The highest BCUT2D eigenvalue weighted by Crippen LogP contribution is 2.21. The first-order chi connectivity index (χ1) is 13.0. The average molecular weight is 365 g/mol. The molecule has 0 spiro atoms. The summed E-state index contributed by atoms with van der Waals surface area (Å²) in [5.74, 6) is -0.353. The molecule has 0 bridgehead atoms. The van der Waals surface area contributed by atoms with Crippen molar-refractivity contribution in [3.63, 3.8) is 0 Å². The minimum absolute atomic E-state index is 0.0269. The zero-order valence-electron chi connectivity index (χ0n) is 14.8. The van der Waals surface area contributed by atoms with Crippen molar-refractivity contribution in [3.8, 4) is 16.8 Å². The van der Waals surface area contributed by atoms with Crippen molar-refractivity contribution in [1.29, 1.82) is 5.41 Å². The van der Waals surface area contributed by atoms with Gasteiger partial charge in [-0.25, -0.2) is 4.79 Å². The Bertz CT molecular complexity index is 1020. The van der Waals surface area contributed by atoms with Crippen LogP contribution in [-0.4, -0.2) is 33.3 Å². The van der Waals surface area contributed by atoms with Crippen molar-refractivity contribution >= 4 is 11.8 Å². The van der Waals surface area contributed by atoms with Crippen LogP contribution in [0.2, 0.25) is 0 Å². The Morgan fingerprint density at radius 1 is 1.11 bits per heavy atom. The summed E-state index contributed by atoms with van der Waals surface area (Å²) >= 11 is 0. The lowest BCUT2D eigenvalue weighted by molar-refractivity contribution is -0.140. The zero-order chi connectivity index (χ0) is 19.4. The highest BCUT2D eigenvalue weighted by Gasteiger charge is 2.09. The third-order valence-electron chi connectivity index (χ3n) is 4.16. The maximum absolute atomic E-state index is 12.4. The largest absolute Gasteiger partial charge is 0.469 e. The first-order valence-electron chi connectivity index (χ1n) is 8.26. The van der Waals surface area contributed by atoms with Crippen LogP contribution in [0.1, 0.15) is 12.0 Å². The van der Waals surface area contributed by atoms with E-state index < -0.39 is 0 Å². The monoisotopic (exact) mass is 365 g/mol. The van der Waals surface area contributed by atoms with Gasteiger partial charge in [-0.3, -0.25) is 14.8 Å². The summed E-state index contributed by atoms with van der Waals surface area (Å²) < 4.78 is 7.22. The maximum Gasteiger partial charge on any atom is 0.350 e. The van der Waals surface area contributed by atoms with Crippen LogP contribution < -0.4 is 11.4 Å². The normalized spacial score (nSPS) is 10.6. The van der Waals surface area contributed by atoms with Crippen LogP contribution in [0.15, 0.2) is 59.7 Å². The number of nitrogens with one attached hydrogen (secondary N) is 1. The van der Waals surface area contributed by atoms with Gasteiger partial charge in [0.15, 0.2) is 0 Å². The summed E-state index contributed by atoms with van der Waals surface area (Å²) in [6.07, 6.45) is 1.51. The van der Waals surface area contributed by atoms with Crippen LogP contribution in [0.25, 0.3) is 16.8 Å². The molecule has 0 radical (unpaired) electrons. The Morgan fingerprint density at radius 2 is 1.70 bits per heavy atom. The van der Waals surface area contributed by atoms with E-state index in [1.165, 1.54) is 22.7 Å². The highest BCUT2D eigenvalue weighted by molar-refractivity contribution is 5.95. The Labute approximate surface area is 155 Å². The van der Waals surface area contributed by atoms with E-state index in [0.29, 0.717) is 11.3 Å². The van der Waals surface area contributed by atoms with Crippen LogP contribution in [0.5, 0.6) is 0 Å². The molecule has 2 aromatic carbocycles. The molecule has 0 saturated carbocycles. The number of methoxy groups -OCH3 is 1. The molecule has 138 valence electrons. The van der Waals surface area contributed by atoms with E-state index in [4.69, 9.17) is 11.1 Å². The van der Waals surface area contributed by atoms with Gasteiger partial charge in [0.05, 0.1) is 19.2 Å². The number of aromatic nitrogens is 3. The average Bonchev–Trinajstić information content (AvgIpc) is 3.06. The van der Waals surface area contributed by atoms with Crippen molar-refractivity contribution < 1.29 is 9.53 Å². The second-order valence-corrected chi connectivity index (χ2v) is 5.88. The van der Waals surface area contributed by atoms with Crippen LogP contribution in [0.4, 0.5) is 0 Å². The number of esters is 1. The molecule has 3 N–H and O–H groups in total. The molecule has 3 aromatic rings. The predicted octanol–water partition coefficient (Wildman–Crippen LogP) is 1.55. The van der Waals surface area contributed by atoms with Crippen molar-refractivity contribution in [1.82, 2.24) is 14.3 Å². The number of nitrogens with zero attached hydrogens (tertiary/aromatic N) is 3. The van der Waals surface area contributed by atoms with Gasteiger partial charge >= 0.3 is 11.7 Å². The van der Waals surface area contributed by atoms with Gasteiger partial charge in [-0.2, -0.15) is 9.78 Å². The molecule has 1 heterocycles. The van der Waals surface area contributed by atoms with Crippen molar-refractivity contribution in [2.45, 2.75) is 13.0 Å². The molecule has 27 heavy (non-hydrogen) atoms. The van der Waals surface area contributed by atoms with Crippen LogP contribution >= 0.6 is 0 Å². The fourth-order valence-corrected chi connectivity index (χ4v) is 2.62. The number of benzene rings is 2. The van der Waals surface area contributed by atoms with Crippen LogP contribution in [0, 0.1) is 5.41 Å². The molecule has 8 heteroatoms. The molecular formula is C19H19N5O3. The molecule has 0 atom stereocenters. The summed E-state index contributed by atoms with van der Waals surface area (Å²) in [6, 6.07) is 14.7. The number of carbonyl (C=O) groups excluding carboxylic acids is 1. The quantitative estimate of drug-likeness (QED) is 0.390. The van der Waals surface area contributed by atoms with E-state index in [-0.39, 0.29) is 30.5 Å². The topological polar surface area (TPSA) is 116 Å². The molecule has 3 rings (SSSR count). The molecular weight excluding hydrogens is 346 g/mol. The number of hydrogen-bond donors (Lipinski definition) is 2. The van der Waals surface area contributed by atoms with Crippen molar-refractivity contribution in [2.75, 3.05) is 7.11 Å². The number of ether oxygens (including phenoxy) is 1. The van der Waals surface area contributed by atoms with E-state index in [1.807, 2.05) is 24.3 Å². The predicted molar refractivity (Wildman–Crippen MR) is 101 cm³/mol. The van der Waals surface area contributed by atoms with Gasteiger partial charge in [-0.15, -0.1) is 0 Å². The fourth-order valence-electron chi connectivity index (χ4n) is 2.62. The highest BCUT2D eigenvalue weighted by atomic mass is 16.5. The van der Waals surface area contributed by atoms with Crippen molar-refractivity contribution in [3.05, 3.63) is 70.9 Å². The lowest BCUT2D eigenvalue weighted by Crippen LogP contribution is -2.24. The Morgan fingerprint density at radius 3 is 2.26 bits per heavy atom. The van der Waals surface area contributed by atoms with Gasteiger partial charge in [0.2, 0.25) is 0 Å². The molecule has 0 amide bonds.